The molecule has 0 atom stereocenters. The SMILES string of the molecule is Cc1ccc(C)c(-c2csc(NS(=O)(=O)c3cccc(C#N)c3)n2)c1. The number of hydrogen-bond acceptors (Lipinski definition) is 5. The second-order valence-electron chi connectivity index (χ2n) is 5.60. The Morgan fingerprint density at radius 1 is 1.16 bits per heavy atom. The molecule has 0 saturated heterocycles. The molecule has 126 valence electrons. The van der Waals surface area contributed by atoms with Crippen molar-refractivity contribution >= 4 is 26.5 Å². The molecule has 0 unspecified atom stereocenters. The number of nitrogens with one attached hydrogen (secondary N) is 1. The van der Waals surface area contributed by atoms with Crippen molar-refractivity contribution in [2.24, 2.45) is 0 Å². The highest BCUT2D eigenvalue weighted by Gasteiger charge is 2.17. The molecule has 5 nitrogen and oxygen atoms in total. The van der Waals surface area contributed by atoms with Crippen molar-refractivity contribution in [1.29, 1.82) is 5.26 Å². The van der Waals surface area contributed by atoms with Gasteiger partial charge in [0.2, 0.25) is 0 Å². The molecular formula is C18H15N3O2S2. The summed E-state index contributed by atoms with van der Waals surface area (Å²) >= 11 is 1.22. The van der Waals surface area contributed by atoms with Gasteiger partial charge in [-0.3, -0.25) is 4.72 Å². The summed E-state index contributed by atoms with van der Waals surface area (Å²) < 4.78 is 27.4. The van der Waals surface area contributed by atoms with E-state index in [1.165, 1.54) is 29.5 Å². The van der Waals surface area contributed by atoms with Gasteiger partial charge in [0, 0.05) is 10.9 Å². The maximum absolute atomic E-state index is 12.5. The van der Waals surface area contributed by atoms with Gasteiger partial charge >= 0.3 is 0 Å². The first-order valence-electron chi connectivity index (χ1n) is 7.45. The number of hydrogen-bond donors (Lipinski definition) is 1. The zero-order valence-corrected chi connectivity index (χ0v) is 15.3. The molecule has 0 saturated carbocycles. The van der Waals surface area contributed by atoms with Gasteiger partial charge in [-0.2, -0.15) is 5.26 Å². The van der Waals surface area contributed by atoms with Crippen LogP contribution in [-0.2, 0) is 10.0 Å². The molecule has 0 aliphatic rings. The summed E-state index contributed by atoms with van der Waals surface area (Å²) in [5, 5.41) is 11.0. The number of nitriles is 1. The molecule has 3 rings (SSSR count). The molecule has 1 N–H and O–H groups in total. The summed E-state index contributed by atoms with van der Waals surface area (Å²) in [6.07, 6.45) is 0. The smallest absolute Gasteiger partial charge is 0.255 e. The van der Waals surface area contributed by atoms with E-state index in [-0.39, 0.29) is 10.5 Å². The van der Waals surface area contributed by atoms with E-state index in [9.17, 15) is 8.42 Å². The van der Waals surface area contributed by atoms with E-state index < -0.39 is 10.0 Å². The minimum atomic E-state index is -3.79. The Hall–Kier alpha value is -2.69. The lowest BCUT2D eigenvalue weighted by Gasteiger charge is -2.06. The Balaban J connectivity index is 1.90. The number of thiazole rings is 1. The largest absolute Gasteiger partial charge is 0.263 e. The van der Waals surface area contributed by atoms with Crippen LogP contribution in [0.4, 0.5) is 5.13 Å². The van der Waals surface area contributed by atoms with Crippen molar-refractivity contribution in [1.82, 2.24) is 4.98 Å². The standard InChI is InChI=1S/C18H15N3O2S2/c1-12-6-7-13(2)16(8-12)17-11-24-18(20-17)21-25(22,23)15-5-3-4-14(9-15)10-19/h3-9,11H,1-2H3,(H,20,21). The van der Waals surface area contributed by atoms with Crippen LogP contribution in [0.25, 0.3) is 11.3 Å². The van der Waals surface area contributed by atoms with Crippen LogP contribution in [0.2, 0.25) is 0 Å². The fourth-order valence-corrected chi connectivity index (χ4v) is 4.37. The summed E-state index contributed by atoms with van der Waals surface area (Å²) in [5.74, 6) is 0. The second-order valence-corrected chi connectivity index (χ2v) is 8.14. The molecule has 1 aromatic heterocycles. The zero-order chi connectivity index (χ0) is 18.0. The third-order valence-corrected chi connectivity index (χ3v) is 5.89. The molecule has 25 heavy (non-hydrogen) atoms. The van der Waals surface area contributed by atoms with Crippen LogP contribution in [-0.4, -0.2) is 13.4 Å². The molecule has 0 aliphatic carbocycles. The van der Waals surface area contributed by atoms with Crippen molar-refractivity contribution in [3.05, 3.63) is 64.5 Å². The van der Waals surface area contributed by atoms with E-state index in [0.717, 1.165) is 22.4 Å². The number of aromatic nitrogens is 1. The van der Waals surface area contributed by atoms with E-state index in [1.54, 1.807) is 6.07 Å². The quantitative estimate of drug-likeness (QED) is 0.750. The van der Waals surface area contributed by atoms with Gasteiger partial charge in [-0.1, -0.05) is 23.8 Å². The van der Waals surface area contributed by atoms with Crippen LogP contribution < -0.4 is 4.72 Å². The van der Waals surface area contributed by atoms with Gasteiger partial charge in [-0.05, 0) is 43.7 Å². The third-order valence-electron chi connectivity index (χ3n) is 3.67. The third kappa shape index (κ3) is 3.71. The van der Waals surface area contributed by atoms with E-state index in [2.05, 4.69) is 9.71 Å². The van der Waals surface area contributed by atoms with Gasteiger partial charge in [0.1, 0.15) is 0 Å². The maximum Gasteiger partial charge on any atom is 0.263 e. The normalized spacial score (nSPS) is 11.1. The molecule has 0 aliphatic heterocycles. The average Bonchev–Trinajstić information content (AvgIpc) is 3.04. The van der Waals surface area contributed by atoms with Crippen LogP contribution in [0.5, 0.6) is 0 Å². The predicted octanol–water partition coefficient (Wildman–Crippen LogP) is 4.10. The molecule has 3 aromatic rings. The van der Waals surface area contributed by atoms with Crippen molar-refractivity contribution in [3.63, 3.8) is 0 Å². The summed E-state index contributed by atoms with van der Waals surface area (Å²) in [4.78, 5) is 4.44. The average molecular weight is 369 g/mol. The second kappa shape index (κ2) is 6.67. The summed E-state index contributed by atoms with van der Waals surface area (Å²) in [7, 11) is -3.79. The van der Waals surface area contributed by atoms with Gasteiger partial charge in [0.05, 0.1) is 22.2 Å². The zero-order valence-electron chi connectivity index (χ0n) is 13.6. The Labute approximate surface area is 150 Å². The molecule has 0 amide bonds. The minimum absolute atomic E-state index is 0.0371. The molecule has 7 heteroatoms. The number of aryl methyl sites for hydroxylation is 2. The van der Waals surface area contributed by atoms with Crippen molar-refractivity contribution < 1.29 is 8.42 Å². The molecule has 0 fully saturated rings. The first kappa shape index (κ1) is 17.1. The molecule has 0 spiro atoms. The van der Waals surface area contributed by atoms with Crippen molar-refractivity contribution in [2.45, 2.75) is 18.7 Å². The van der Waals surface area contributed by atoms with Gasteiger partial charge in [0.25, 0.3) is 10.0 Å². The monoisotopic (exact) mass is 369 g/mol. The first-order valence-corrected chi connectivity index (χ1v) is 9.81. The molecule has 0 bridgehead atoms. The Bertz CT molecular complexity index is 1080. The predicted molar refractivity (Wildman–Crippen MR) is 99.0 cm³/mol. The van der Waals surface area contributed by atoms with Gasteiger partial charge in [0.15, 0.2) is 5.13 Å². The lowest BCUT2D eigenvalue weighted by atomic mass is 10.0. The van der Waals surface area contributed by atoms with E-state index >= 15 is 0 Å². The van der Waals surface area contributed by atoms with Crippen molar-refractivity contribution in [2.75, 3.05) is 4.72 Å². The number of rotatable bonds is 4. The first-order chi connectivity index (χ1) is 11.9. The van der Waals surface area contributed by atoms with Crippen molar-refractivity contribution in [3.8, 4) is 17.3 Å². The van der Waals surface area contributed by atoms with Crippen LogP contribution in [0.3, 0.4) is 0 Å². The minimum Gasteiger partial charge on any atom is -0.255 e. The highest BCUT2D eigenvalue weighted by molar-refractivity contribution is 7.93. The van der Waals surface area contributed by atoms with Crippen LogP contribution in [0.15, 0.2) is 52.7 Å². The van der Waals surface area contributed by atoms with E-state index in [1.807, 2.05) is 43.5 Å². The number of benzene rings is 2. The molecule has 1 heterocycles. The molecule has 0 radical (unpaired) electrons. The topological polar surface area (TPSA) is 82.9 Å². The Morgan fingerprint density at radius 3 is 2.72 bits per heavy atom. The molecule has 2 aromatic carbocycles. The van der Waals surface area contributed by atoms with E-state index in [0.29, 0.717) is 5.13 Å². The lowest BCUT2D eigenvalue weighted by molar-refractivity contribution is 0.601. The van der Waals surface area contributed by atoms with Gasteiger partial charge in [-0.15, -0.1) is 11.3 Å². The van der Waals surface area contributed by atoms with Crippen LogP contribution in [0, 0.1) is 25.2 Å². The van der Waals surface area contributed by atoms with E-state index in [4.69, 9.17) is 5.26 Å². The molecular weight excluding hydrogens is 354 g/mol. The number of nitrogens with zero attached hydrogens (tertiary/aromatic N) is 2. The lowest BCUT2D eigenvalue weighted by Crippen LogP contribution is -2.12. The Morgan fingerprint density at radius 2 is 1.96 bits per heavy atom. The number of anilines is 1. The fraction of sp³-hybridized carbons (Fsp3) is 0.111. The summed E-state index contributed by atoms with van der Waals surface area (Å²) in [5.41, 5.74) is 4.19. The highest BCUT2D eigenvalue weighted by Crippen LogP contribution is 2.29. The summed E-state index contributed by atoms with van der Waals surface area (Å²) in [6, 6.07) is 13.9. The van der Waals surface area contributed by atoms with Crippen LogP contribution in [0.1, 0.15) is 16.7 Å². The summed E-state index contributed by atoms with van der Waals surface area (Å²) in [6.45, 7) is 3.99. The Kier molecular flexibility index (Phi) is 4.57. The number of sulfonamides is 1. The fourth-order valence-electron chi connectivity index (χ4n) is 2.36. The maximum atomic E-state index is 12.5. The van der Waals surface area contributed by atoms with Gasteiger partial charge in [-0.25, -0.2) is 13.4 Å². The van der Waals surface area contributed by atoms with Crippen LogP contribution >= 0.6 is 11.3 Å². The van der Waals surface area contributed by atoms with Gasteiger partial charge < -0.3 is 0 Å². The highest BCUT2D eigenvalue weighted by atomic mass is 32.2.